The fourth-order valence-electron chi connectivity index (χ4n) is 3.57. The van der Waals surface area contributed by atoms with Gasteiger partial charge in [-0.25, -0.2) is 14.6 Å². The highest BCUT2D eigenvalue weighted by molar-refractivity contribution is 5.92. The van der Waals surface area contributed by atoms with Crippen molar-refractivity contribution in [3.63, 3.8) is 0 Å². The standard InChI is InChI=1S/C23H27N7O3/c1-28-11-13-29(14-12-28)21-15-20(25-16-26-21)23(32)24-9-10-30-22(31)8-7-19(27-30)17-3-5-18(33-2)6-4-17/h3-8,15-16H,9-14H2,1-2H3,(H,24,32). The molecule has 1 N–H and O–H groups in total. The van der Waals surface area contributed by atoms with E-state index in [0.29, 0.717) is 11.4 Å². The maximum absolute atomic E-state index is 12.6. The topological polar surface area (TPSA) is 105 Å². The highest BCUT2D eigenvalue weighted by Crippen LogP contribution is 2.19. The van der Waals surface area contributed by atoms with E-state index in [1.807, 2.05) is 24.3 Å². The number of hydrogen-bond donors (Lipinski definition) is 1. The predicted octanol–water partition coefficient (Wildman–Crippen LogP) is 0.891. The minimum atomic E-state index is -0.313. The second-order valence-corrected chi connectivity index (χ2v) is 7.82. The van der Waals surface area contributed by atoms with Crippen LogP contribution in [0, 0.1) is 0 Å². The molecule has 2 aromatic heterocycles. The van der Waals surface area contributed by atoms with Gasteiger partial charge in [-0.3, -0.25) is 9.59 Å². The van der Waals surface area contributed by atoms with Crippen molar-refractivity contribution in [3.05, 3.63) is 64.8 Å². The zero-order chi connectivity index (χ0) is 23.2. The molecule has 0 radical (unpaired) electrons. The number of nitrogens with zero attached hydrogens (tertiary/aromatic N) is 6. The average Bonchev–Trinajstić information content (AvgIpc) is 2.85. The number of rotatable bonds is 7. The Morgan fingerprint density at radius 3 is 2.55 bits per heavy atom. The number of ether oxygens (including phenoxy) is 1. The molecule has 3 heterocycles. The second kappa shape index (κ2) is 10.2. The molecule has 33 heavy (non-hydrogen) atoms. The summed E-state index contributed by atoms with van der Waals surface area (Å²) in [6.07, 6.45) is 1.41. The molecule has 0 saturated carbocycles. The van der Waals surface area contributed by atoms with Gasteiger partial charge in [-0.05, 0) is 37.4 Å². The Bertz CT molecular complexity index is 1160. The van der Waals surface area contributed by atoms with Gasteiger partial charge in [-0.1, -0.05) is 0 Å². The van der Waals surface area contributed by atoms with Crippen LogP contribution in [0.4, 0.5) is 5.82 Å². The summed E-state index contributed by atoms with van der Waals surface area (Å²) in [5, 5.41) is 7.24. The minimum Gasteiger partial charge on any atom is -0.497 e. The number of carbonyl (C=O) groups is 1. The fourth-order valence-corrected chi connectivity index (χ4v) is 3.57. The van der Waals surface area contributed by atoms with E-state index in [-0.39, 0.29) is 24.6 Å². The number of benzene rings is 1. The Morgan fingerprint density at radius 1 is 1.06 bits per heavy atom. The maximum Gasteiger partial charge on any atom is 0.270 e. The van der Waals surface area contributed by atoms with E-state index in [2.05, 4.69) is 37.2 Å². The van der Waals surface area contributed by atoms with E-state index >= 15 is 0 Å². The monoisotopic (exact) mass is 449 g/mol. The van der Waals surface area contributed by atoms with E-state index in [9.17, 15) is 9.59 Å². The molecule has 3 aromatic rings. The first kappa shape index (κ1) is 22.4. The quantitative estimate of drug-likeness (QED) is 0.567. The third-order valence-corrected chi connectivity index (χ3v) is 5.57. The van der Waals surface area contributed by atoms with Crippen LogP contribution in [-0.2, 0) is 6.54 Å². The first-order valence-electron chi connectivity index (χ1n) is 10.8. The summed E-state index contributed by atoms with van der Waals surface area (Å²) < 4.78 is 6.52. The van der Waals surface area contributed by atoms with Gasteiger partial charge in [0.25, 0.3) is 11.5 Å². The Balaban J connectivity index is 1.37. The third kappa shape index (κ3) is 5.53. The Hall–Kier alpha value is -3.79. The number of amides is 1. The van der Waals surface area contributed by atoms with Crippen molar-refractivity contribution in [2.75, 3.05) is 51.8 Å². The molecule has 0 unspecified atom stereocenters. The molecule has 1 amide bonds. The summed E-state index contributed by atoms with van der Waals surface area (Å²) >= 11 is 0. The van der Waals surface area contributed by atoms with Crippen LogP contribution in [0.3, 0.4) is 0 Å². The van der Waals surface area contributed by atoms with E-state index in [0.717, 1.165) is 43.3 Å². The smallest absolute Gasteiger partial charge is 0.270 e. The molecule has 1 saturated heterocycles. The lowest BCUT2D eigenvalue weighted by atomic mass is 10.1. The van der Waals surface area contributed by atoms with Gasteiger partial charge in [0.15, 0.2) is 0 Å². The van der Waals surface area contributed by atoms with Crippen molar-refractivity contribution in [1.82, 2.24) is 30.0 Å². The van der Waals surface area contributed by atoms with Crippen LogP contribution in [0.2, 0.25) is 0 Å². The summed E-state index contributed by atoms with van der Waals surface area (Å²) in [6, 6.07) is 12.3. The molecule has 10 heteroatoms. The van der Waals surface area contributed by atoms with Gasteiger partial charge in [-0.2, -0.15) is 5.10 Å². The van der Waals surface area contributed by atoms with Crippen molar-refractivity contribution >= 4 is 11.7 Å². The number of methoxy groups -OCH3 is 1. The van der Waals surface area contributed by atoms with Gasteiger partial charge < -0.3 is 19.9 Å². The zero-order valence-corrected chi connectivity index (χ0v) is 18.8. The molecule has 1 aliphatic heterocycles. The van der Waals surface area contributed by atoms with Crippen LogP contribution in [-0.4, -0.2) is 77.4 Å². The highest BCUT2D eigenvalue weighted by atomic mass is 16.5. The lowest BCUT2D eigenvalue weighted by Crippen LogP contribution is -2.45. The molecule has 1 aliphatic rings. The zero-order valence-electron chi connectivity index (χ0n) is 18.8. The molecule has 10 nitrogen and oxygen atoms in total. The SMILES string of the molecule is COc1ccc(-c2ccc(=O)n(CCNC(=O)c3cc(N4CCN(C)CC4)ncn3)n2)cc1. The van der Waals surface area contributed by atoms with Gasteiger partial charge in [0.1, 0.15) is 23.6 Å². The van der Waals surface area contributed by atoms with E-state index < -0.39 is 0 Å². The summed E-state index contributed by atoms with van der Waals surface area (Å²) in [5.41, 5.74) is 1.59. The lowest BCUT2D eigenvalue weighted by Gasteiger charge is -2.33. The average molecular weight is 450 g/mol. The molecule has 1 fully saturated rings. The van der Waals surface area contributed by atoms with Crippen molar-refractivity contribution in [3.8, 4) is 17.0 Å². The fraction of sp³-hybridized carbons (Fsp3) is 0.348. The Morgan fingerprint density at radius 2 is 1.82 bits per heavy atom. The van der Waals surface area contributed by atoms with E-state index in [1.54, 1.807) is 19.2 Å². The van der Waals surface area contributed by atoms with Crippen molar-refractivity contribution in [1.29, 1.82) is 0 Å². The summed E-state index contributed by atoms with van der Waals surface area (Å²) in [5.74, 6) is 1.18. The van der Waals surface area contributed by atoms with Crippen LogP contribution in [0.15, 0.2) is 53.6 Å². The van der Waals surface area contributed by atoms with Gasteiger partial charge in [0, 0.05) is 50.4 Å². The molecular weight excluding hydrogens is 422 g/mol. The Kier molecular flexibility index (Phi) is 6.94. The molecule has 0 aliphatic carbocycles. The largest absolute Gasteiger partial charge is 0.497 e. The first-order valence-corrected chi connectivity index (χ1v) is 10.8. The lowest BCUT2D eigenvalue weighted by molar-refractivity contribution is 0.0946. The molecule has 4 rings (SSSR count). The number of anilines is 1. The summed E-state index contributed by atoms with van der Waals surface area (Å²) in [4.78, 5) is 37.7. The van der Waals surface area contributed by atoms with Gasteiger partial charge in [0.05, 0.1) is 19.3 Å². The molecule has 1 aromatic carbocycles. The van der Waals surface area contributed by atoms with Gasteiger partial charge >= 0.3 is 0 Å². The number of carbonyl (C=O) groups excluding carboxylic acids is 1. The normalized spacial score (nSPS) is 14.2. The van der Waals surface area contributed by atoms with Crippen LogP contribution in [0.5, 0.6) is 5.75 Å². The van der Waals surface area contributed by atoms with Crippen LogP contribution < -0.4 is 20.5 Å². The molecule has 172 valence electrons. The minimum absolute atomic E-state index is 0.235. The Labute approximate surface area is 191 Å². The number of nitrogens with one attached hydrogen (secondary N) is 1. The third-order valence-electron chi connectivity index (χ3n) is 5.57. The van der Waals surface area contributed by atoms with E-state index in [4.69, 9.17) is 4.74 Å². The van der Waals surface area contributed by atoms with Crippen molar-refractivity contribution < 1.29 is 9.53 Å². The van der Waals surface area contributed by atoms with Crippen molar-refractivity contribution in [2.24, 2.45) is 0 Å². The molecular formula is C23H27N7O3. The van der Waals surface area contributed by atoms with Crippen LogP contribution >= 0.6 is 0 Å². The van der Waals surface area contributed by atoms with Gasteiger partial charge in [-0.15, -0.1) is 0 Å². The first-order chi connectivity index (χ1) is 16.0. The highest BCUT2D eigenvalue weighted by Gasteiger charge is 2.17. The number of likely N-dealkylation sites (N-methyl/N-ethyl adjacent to an activating group) is 1. The van der Waals surface area contributed by atoms with Crippen molar-refractivity contribution in [2.45, 2.75) is 6.54 Å². The molecule has 0 spiro atoms. The van der Waals surface area contributed by atoms with Crippen LogP contribution in [0.25, 0.3) is 11.3 Å². The maximum atomic E-state index is 12.6. The van der Waals surface area contributed by atoms with E-state index in [1.165, 1.54) is 17.1 Å². The summed E-state index contributed by atoms with van der Waals surface area (Å²) in [6.45, 7) is 4.09. The molecule has 0 atom stereocenters. The molecule has 0 bridgehead atoms. The number of hydrogen-bond acceptors (Lipinski definition) is 8. The van der Waals surface area contributed by atoms with Gasteiger partial charge in [0.2, 0.25) is 0 Å². The number of piperazine rings is 1. The second-order valence-electron chi connectivity index (χ2n) is 7.82. The number of aromatic nitrogens is 4. The summed E-state index contributed by atoms with van der Waals surface area (Å²) in [7, 11) is 3.69. The van der Waals surface area contributed by atoms with Crippen LogP contribution in [0.1, 0.15) is 10.5 Å². The predicted molar refractivity (Wildman–Crippen MR) is 125 cm³/mol.